The van der Waals surface area contributed by atoms with Crippen LogP contribution in [0, 0.1) is 0 Å². The van der Waals surface area contributed by atoms with E-state index in [1.54, 1.807) is 0 Å². The second-order valence-electron chi connectivity index (χ2n) is 6.51. The normalized spacial score (nSPS) is 11.7. The van der Waals surface area contributed by atoms with Gasteiger partial charge in [-0.15, -0.1) is 0 Å². The molecule has 0 spiro atoms. The van der Waals surface area contributed by atoms with Crippen LogP contribution in [0.1, 0.15) is 85.5 Å². The van der Waals surface area contributed by atoms with Gasteiger partial charge in [-0.05, 0) is 0 Å². The van der Waals surface area contributed by atoms with E-state index in [0.717, 1.165) is 5.88 Å². The molecule has 130 valence electrons. The van der Waals surface area contributed by atoms with Crippen LogP contribution in [-0.4, -0.2) is 32.7 Å². The Hall–Kier alpha value is -0.251. The van der Waals surface area contributed by atoms with Gasteiger partial charge >= 0.3 is 154 Å². The molecule has 0 unspecified atom stereocenters. The van der Waals surface area contributed by atoms with E-state index in [0.29, 0.717) is 10.0 Å². The molecule has 0 bridgehead atoms. The van der Waals surface area contributed by atoms with Crippen molar-refractivity contribution < 1.29 is 4.74 Å². The molecule has 0 aliphatic rings. The van der Waals surface area contributed by atoms with Crippen molar-refractivity contribution in [1.29, 1.82) is 0 Å². The van der Waals surface area contributed by atoms with Crippen LogP contribution in [-0.2, 0) is 0 Å². The average molecular weight is 424 g/mol. The summed E-state index contributed by atoms with van der Waals surface area (Å²) in [6, 6.07) is 6.39. The van der Waals surface area contributed by atoms with Crippen molar-refractivity contribution in [2.24, 2.45) is 0 Å². The molecule has 1 aromatic rings. The van der Waals surface area contributed by atoms with Gasteiger partial charge in [-0.2, -0.15) is 0 Å². The van der Waals surface area contributed by atoms with Gasteiger partial charge in [0.25, 0.3) is 0 Å². The van der Waals surface area contributed by atoms with Gasteiger partial charge in [0.15, 0.2) is 0 Å². The summed E-state index contributed by atoms with van der Waals surface area (Å²) in [7, 11) is 0. The van der Waals surface area contributed by atoms with Gasteiger partial charge in [0, 0.05) is 0 Å². The average Bonchev–Trinajstić information content (AvgIpc) is 2.57. The molecule has 2 nitrogen and oxygen atoms in total. The van der Waals surface area contributed by atoms with Crippen LogP contribution in [0.4, 0.5) is 0 Å². The summed E-state index contributed by atoms with van der Waals surface area (Å²) in [5.74, 6) is 0.821. The fraction of sp³-hybridized carbons (Fsp3) is 0.750. The van der Waals surface area contributed by atoms with Gasteiger partial charge in [-0.3, -0.25) is 0 Å². The molecule has 0 aromatic carbocycles. The first kappa shape index (κ1) is 20.8. The van der Waals surface area contributed by atoms with E-state index in [2.05, 4.69) is 32.9 Å². The summed E-state index contributed by atoms with van der Waals surface area (Å²) < 4.78 is 7.60. The molecule has 0 N–H and O–H groups in total. The fourth-order valence-electron chi connectivity index (χ4n) is 3.09. The topological polar surface area (TPSA) is 22.1 Å². The summed E-state index contributed by atoms with van der Waals surface area (Å²) in [6.07, 6.45) is 12.3. The maximum atomic E-state index is 5.62. The molecule has 1 rings (SSSR count). The van der Waals surface area contributed by atoms with Crippen molar-refractivity contribution in [2.45, 2.75) is 88.9 Å². The number of pyridine rings is 1. The SMILES string of the molecule is CCCC[C](CCCC)(CCCC)[Sn][c]1cccc(OCC)n1. The molecule has 0 fully saturated rings. The number of ether oxygens (including phenoxy) is 1. The summed E-state index contributed by atoms with van der Waals surface area (Å²) in [4.78, 5) is 4.82. The molecule has 23 heavy (non-hydrogen) atoms. The number of rotatable bonds is 13. The van der Waals surface area contributed by atoms with Gasteiger partial charge in [0.05, 0.1) is 0 Å². The zero-order valence-electron chi connectivity index (χ0n) is 15.7. The Balaban J connectivity index is 2.92. The van der Waals surface area contributed by atoms with Crippen LogP contribution in [0.3, 0.4) is 0 Å². The molecular weight excluding hydrogens is 389 g/mol. The molecule has 0 saturated carbocycles. The Labute approximate surface area is 154 Å². The third-order valence-corrected chi connectivity index (χ3v) is 9.62. The molecule has 0 saturated heterocycles. The molecule has 0 amide bonds. The summed E-state index contributed by atoms with van der Waals surface area (Å²) in [5.41, 5.74) is 0. The zero-order chi connectivity index (χ0) is 17.0. The Kier molecular flexibility index (Phi) is 11.0. The monoisotopic (exact) mass is 425 g/mol. The van der Waals surface area contributed by atoms with Gasteiger partial charge in [-0.1, -0.05) is 0 Å². The third kappa shape index (κ3) is 7.91. The van der Waals surface area contributed by atoms with Gasteiger partial charge in [0.1, 0.15) is 0 Å². The standard InChI is InChI=1S/C13H27.C7H8NO.Sn/c1-4-7-10-13(11-8-5-2)12-9-6-3;1-2-9-7-5-3-4-6-8-7;/h4-12H2,1-3H3;3-5H,2H2,1H3;. The number of hydrogen-bond donors (Lipinski definition) is 0. The fourth-order valence-corrected chi connectivity index (χ4v) is 8.21. The van der Waals surface area contributed by atoms with Crippen molar-refractivity contribution in [3.8, 4) is 5.88 Å². The third-order valence-electron chi connectivity index (χ3n) is 4.44. The predicted octanol–water partition coefficient (Wildman–Crippen LogP) is 5.54. The van der Waals surface area contributed by atoms with E-state index in [1.807, 2.05) is 13.0 Å². The van der Waals surface area contributed by atoms with E-state index >= 15 is 0 Å². The van der Waals surface area contributed by atoms with E-state index in [-0.39, 0.29) is 0 Å². The summed E-state index contributed by atoms with van der Waals surface area (Å²) in [5, 5.41) is 0. The molecule has 2 radical (unpaired) electrons. The van der Waals surface area contributed by atoms with E-state index in [9.17, 15) is 0 Å². The van der Waals surface area contributed by atoms with Gasteiger partial charge in [0.2, 0.25) is 0 Å². The number of nitrogens with zero attached hydrogens (tertiary/aromatic N) is 1. The van der Waals surface area contributed by atoms with Crippen LogP contribution < -0.4 is 8.45 Å². The van der Waals surface area contributed by atoms with Crippen molar-refractivity contribution in [1.82, 2.24) is 4.98 Å². The Morgan fingerprint density at radius 3 is 1.96 bits per heavy atom. The number of aromatic nitrogens is 1. The second kappa shape index (κ2) is 12.2. The molecular formula is C20H35NOSn. The van der Waals surface area contributed by atoms with E-state index in [4.69, 9.17) is 9.72 Å². The quantitative estimate of drug-likeness (QED) is 0.388. The van der Waals surface area contributed by atoms with Crippen molar-refractivity contribution in [3.63, 3.8) is 0 Å². The number of hydrogen-bond acceptors (Lipinski definition) is 2. The molecule has 0 atom stereocenters. The molecule has 0 aliphatic carbocycles. The van der Waals surface area contributed by atoms with Crippen LogP contribution in [0.15, 0.2) is 18.2 Å². The van der Waals surface area contributed by atoms with Crippen molar-refractivity contribution in [2.75, 3.05) is 6.61 Å². The molecule has 0 aliphatic heterocycles. The van der Waals surface area contributed by atoms with Crippen LogP contribution >= 0.6 is 0 Å². The predicted molar refractivity (Wildman–Crippen MR) is 102 cm³/mol. The first-order valence-corrected chi connectivity index (χ1v) is 12.4. The van der Waals surface area contributed by atoms with Crippen molar-refractivity contribution >= 4 is 24.9 Å². The first-order valence-electron chi connectivity index (χ1n) is 9.57. The van der Waals surface area contributed by atoms with E-state index < -0.39 is 21.1 Å². The molecule has 1 aromatic heterocycles. The van der Waals surface area contributed by atoms with Gasteiger partial charge < -0.3 is 0 Å². The Morgan fingerprint density at radius 2 is 1.48 bits per heavy atom. The Morgan fingerprint density at radius 1 is 0.913 bits per heavy atom. The first-order chi connectivity index (χ1) is 11.2. The van der Waals surface area contributed by atoms with Gasteiger partial charge in [-0.25, -0.2) is 0 Å². The maximum absolute atomic E-state index is 5.62. The Bertz CT molecular complexity index is 400. The summed E-state index contributed by atoms with van der Waals surface area (Å²) in [6.45, 7) is 9.70. The molecule has 3 heteroatoms. The second-order valence-corrected chi connectivity index (χ2v) is 11.7. The number of unbranched alkanes of at least 4 members (excludes halogenated alkanes) is 3. The molecule has 1 heterocycles. The summed E-state index contributed by atoms with van der Waals surface area (Å²) >= 11 is -0.731. The minimum absolute atomic E-state index is 0.600. The van der Waals surface area contributed by atoms with Crippen molar-refractivity contribution in [3.05, 3.63) is 18.2 Å². The van der Waals surface area contributed by atoms with Crippen LogP contribution in [0.5, 0.6) is 5.88 Å². The van der Waals surface area contributed by atoms with Crippen LogP contribution in [0.25, 0.3) is 0 Å². The van der Waals surface area contributed by atoms with Crippen LogP contribution in [0.2, 0.25) is 3.43 Å². The van der Waals surface area contributed by atoms with E-state index in [1.165, 1.54) is 61.5 Å². The zero-order valence-corrected chi connectivity index (χ0v) is 18.5. The minimum atomic E-state index is -0.731.